The van der Waals surface area contributed by atoms with Gasteiger partial charge in [0.2, 0.25) is 5.91 Å². The molecule has 0 radical (unpaired) electrons. The molecule has 0 saturated heterocycles. The van der Waals surface area contributed by atoms with Crippen molar-refractivity contribution in [2.45, 2.75) is 19.3 Å². The van der Waals surface area contributed by atoms with Crippen molar-refractivity contribution >= 4 is 28.9 Å². The summed E-state index contributed by atoms with van der Waals surface area (Å²) in [6.45, 7) is 2.01. The highest BCUT2D eigenvalue weighted by atomic mass is 32.1. The number of methoxy groups -OCH3 is 1. The molecule has 1 atom stereocenters. The molecule has 3 aromatic rings. The van der Waals surface area contributed by atoms with E-state index in [1.807, 2.05) is 37.3 Å². The molecule has 1 amide bonds. The van der Waals surface area contributed by atoms with Crippen LogP contribution in [0.4, 0.5) is 5.69 Å². The number of hydrogen-bond donors (Lipinski definition) is 2. The van der Waals surface area contributed by atoms with E-state index in [1.165, 1.54) is 11.3 Å². The molecule has 28 heavy (non-hydrogen) atoms. The lowest BCUT2D eigenvalue weighted by molar-refractivity contribution is -0.116. The van der Waals surface area contributed by atoms with Gasteiger partial charge in [-0.15, -0.1) is 11.3 Å². The molecule has 0 aliphatic carbocycles. The average Bonchev–Trinajstić information content (AvgIpc) is 3.07. The summed E-state index contributed by atoms with van der Waals surface area (Å²) in [5.41, 5.74) is 4.03. The number of nitrogens with one attached hydrogen (secondary N) is 1. The molecule has 0 spiro atoms. The van der Waals surface area contributed by atoms with Crippen LogP contribution in [0, 0.1) is 6.92 Å². The lowest BCUT2D eigenvalue weighted by atomic mass is 9.88. The molecule has 0 bridgehead atoms. The van der Waals surface area contributed by atoms with Gasteiger partial charge in [-0.1, -0.05) is 42.0 Å². The smallest absolute Gasteiger partial charge is 0.346 e. The topological polar surface area (TPSA) is 75.6 Å². The summed E-state index contributed by atoms with van der Waals surface area (Å²) in [6.07, 6.45) is 0.304. The van der Waals surface area contributed by atoms with Crippen molar-refractivity contribution in [3.8, 4) is 16.9 Å². The summed E-state index contributed by atoms with van der Waals surface area (Å²) >= 11 is 1.24. The minimum absolute atomic E-state index is 0.108. The second-order valence-corrected chi connectivity index (χ2v) is 7.85. The third-order valence-corrected chi connectivity index (χ3v) is 6.21. The fraction of sp³-hybridized carbons (Fsp3) is 0.182. The van der Waals surface area contributed by atoms with E-state index in [1.54, 1.807) is 19.2 Å². The Hall–Kier alpha value is -3.12. The van der Waals surface area contributed by atoms with E-state index in [9.17, 15) is 14.7 Å². The van der Waals surface area contributed by atoms with Gasteiger partial charge in [0.1, 0.15) is 10.6 Å². The van der Waals surface area contributed by atoms with Crippen LogP contribution in [0.1, 0.15) is 38.0 Å². The quantitative estimate of drug-likeness (QED) is 0.661. The lowest BCUT2D eigenvalue weighted by Gasteiger charge is -2.24. The highest BCUT2D eigenvalue weighted by Crippen LogP contribution is 2.49. The number of carbonyl (C=O) groups excluding carboxylic acids is 1. The van der Waals surface area contributed by atoms with E-state index in [4.69, 9.17) is 4.74 Å². The third kappa shape index (κ3) is 3.16. The molecular weight excluding hydrogens is 374 g/mol. The normalized spacial score (nSPS) is 15.6. The Morgan fingerprint density at radius 1 is 1.21 bits per heavy atom. The predicted molar refractivity (Wildman–Crippen MR) is 110 cm³/mol. The van der Waals surface area contributed by atoms with Gasteiger partial charge in [-0.25, -0.2) is 4.79 Å². The molecule has 2 heterocycles. The third-order valence-electron chi connectivity index (χ3n) is 4.92. The zero-order valence-corrected chi connectivity index (χ0v) is 16.3. The van der Waals surface area contributed by atoms with Gasteiger partial charge in [0.15, 0.2) is 0 Å². The Bertz CT molecular complexity index is 1070. The van der Waals surface area contributed by atoms with Crippen LogP contribution in [-0.4, -0.2) is 24.1 Å². The highest BCUT2D eigenvalue weighted by molar-refractivity contribution is 7.15. The Morgan fingerprint density at radius 3 is 2.61 bits per heavy atom. The van der Waals surface area contributed by atoms with Crippen molar-refractivity contribution in [1.29, 1.82) is 0 Å². The van der Waals surface area contributed by atoms with E-state index < -0.39 is 5.97 Å². The van der Waals surface area contributed by atoms with Gasteiger partial charge in [-0.2, -0.15) is 0 Å². The van der Waals surface area contributed by atoms with E-state index in [2.05, 4.69) is 11.4 Å². The number of fused-ring (bicyclic) bond motifs is 1. The molecule has 142 valence electrons. The second-order valence-electron chi connectivity index (χ2n) is 6.80. The number of aromatic carboxylic acids is 1. The molecule has 1 aliphatic heterocycles. The molecule has 4 rings (SSSR count). The molecule has 1 aromatic heterocycles. The standard InChI is InChI=1S/C22H19NO4S/c1-12-4-3-5-14(10-12)16-11-17(24)23-19-18(21(22(25)26)28-20(16)19)13-6-8-15(27-2)9-7-13/h3-10,16H,11H2,1-2H3,(H,23,24)(H,25,26)/t16-/m1/s1. The van der Waals surface area contributed by atoms with E-state index in [0.29, 0.717) is 23.4 Å². The Balaban J connectivity index is 1.91. The molecule has 0 saturated carbocycles. The van der Waals surface area contributed by atoms with Gasteiger partial charge >= 0.3 is 5.97 Å². The van der Waals surface area contributed by atoms with Gasteiger partial charge < -0.3 is 15.2 Å². The van der Waals surface area contributed by atoms with Gasteiger partial charge in [0.25, 0.3) is 0 Å². The van der Waals surface area contributed by atoms with Crippen LogP contribution in [0.15, 0.2) is 48.5 Å². The van der Waals surface area contributed by atoms with Crippen molar-refractivity contribution < 1.29 is 19.4 Å². The van der Waals surface area contributed by atoms with E-state index in [0.717, 1.165) is 21.6 Å². The number of carboxylic acid groups (broad SMARTS) is 1. The first kappa shape index (κ1) is 18.3. The van der Waals surface area contributed by atoms with Crippen molar-refractivity contribution in [3.05, 3.63) is 69.4 Å². The Kier molecular flexibility index (Phi) is 4.65. The van der Waals surface area contributed by atoms with Gasteiger partial charge in [0.05, 0.1) is 12.8 Å². The van der Waals surface area contributed by atoms with Crippen LogP contribution in [-0.2, 0) is 4.79 Å². The average molecular weight is 393 g/mol. The number of thiophene rings is 1. The molecule has 6 heteroatoms. The van der Waals surface area contributed by atoms with Crippen LogP contribution in [0.3, 0.4) is 0 Å². The monoisotopic (exact) mass is 393 g/mol. The van der Waals surface area contributed by atoms with Crippen LogP contribution in [0.2, 0.25) is 0 Å². The first-order valence-electron chi connectivity index (χ1n) is 8.88. The summed E-state index contributed by atoms with van der Waals surface area (Å²) < 4.78 is 5.20. The first-order chi connectivity index (χ1) is 13.5. The Morgan fingerprint density at radius 2 is 1.96 bits per heavy atom. The number of aryl methyl sites for hydroxylation is 1. The molecule has 0 fully saturated rings. The van der Waals surface area contributed by atoms with Crippen LogP contribution in [0.5, 0.6) is 5.75 Å². The number of hydrogen-bond acceptors (Lipinski definition) is 4. The summed E-state index contributed by atoms with van der Waals surface area (Å²) in [5, 5.41) is 12.7. The minimum atomic E-state index is -0.998. The highest BCUT2D eigenvalue weighted by Gasteiger charge is 2.34. The van der Waals surface area contributed by atoms with Crippen molar-refractivity contribution in [1.82, 2.24) is 0 Å². The largest absolute Gasteiger partial charge is 0.497 e. The number of carbonyl (C=O) groups is 2. The number of carboxylic acids is 1. The Labute approximate surface area is 166 Å². The van der Waals surface area contributed by atoms with Crippen LogP contribution < -0.4 is 10.1 Å². The maximum atomic E-state index is 12.5. The molecule has 1 aliphatic rings. The van der Waals surface area contributed by atoms with E-state index in [-0.39, 0.29) is 16.7 Å². The molecule has 2 aromatic carbocycles. The summed E-state index contributed by atoms with van der Waals surface area (Å²) in [5.74, 6) is -0.573. The molecule has 0 unspecified atom stereocenters. The molecule has 2 N–H and O–H groups in total. The van der Waals surface area contributed by atoms with Crippen LogP contribution >= 0.6 is 11.3 Å². The number of amides is 1. The lowest BCUT2D eigenvalue weighted by Crippen LogP contribution is -2.22. The van der Waals surface area contributed by atoms with Gasteiger partial charge in [-0.3, -0.25) is 4.79 Å². The zero-order chi connectivity index (χ0) is 19.8. The van der Waals surface area contributed by atoms with E-state index >= 15 is 0 Å². The fourth-order valence-corrected chi connectivity index (χ4v) is 4.87. The van der Waals surface area contributed by atoms with Gasteiger partial charge in [-0.05, 0) is 30.2 Å². The zero-order valence-electron chi connectivity index (χ0n) is 15.5. The van der Waals surface area contributed by atoms with Crippen LogP contribution in [0.25, 0.3) is 11.1 Å². The van der Waals surface area contributed by atoms with Crippen molar-refractivity contribution in [3.63, 3.8) is 0 Å². The summed E-state index contributed by atoms with van der Waals surface area (Å²) in [4.78, 5) is 25.6. The predicted octanol–water partition coefficient (Wildman–Crippen LogP) is 4.90. The number of benzene rings is 2. The maximum absolute atomic E-state index is 12.5. The summed E-state index contributed by atoms with van der Waals surface area (Å²) in [7, 11) is 1.58. The molecular formula is C22H19NO4S. The fourth-order valence-electron chi connectivity index (χ4n) is 3.63. The van der Waals surface area contributed by atoms with Crippen molar-refractivity contribution in [2.24, 2.45) is 0 Å². The SMILES string of the molecule is COc1ccc(-c2c(C(=O)O)sc3c2NC(=O)C[C@@H]3c2cccc(C)c2)cc1. The maximum Gasteiger partial charge on any atom is 0.346 e. The van der Waals surface area contributed by atoms with Crippen molar-refractivity contribution in [2.75, 3.05) is 12.4 Å². The summed E-state index contributed by atoms with van der Waals surface area (Å²) in [6, 6.07) is 15.2. The second kappa shape index (κ2) is 7.13. The number of anilines is 1. The number of ether oxygens (including phenoxy) is 1. The van der Waals surface area contributed by atoms with Gasteiger partial charge in [0, 0.05) is 22.8 Å². The number of rotatable bonds is 4. The molecule has 5 nitrogen and oxygen atoms in total. The minimum Gasteiger partial charge on any atom is -0.497 e. The first-order valence-corrected chi connectivity index (χ1v) is 9.70.